The molecule has 0 radical (unpaired) electrons. The molecule has 0 spiro atoms. The minimum Gasteiger partial charge on any atom is -0.312 e. The number of aryl methyl sites for hydroxylation is 1. The molecule has 0 fully saturated rings. The van der Waals surface area contributed by atoms with Crippen LogP contribution in [0.2, 0.25) is 0 Å². The maximum atomic E-state index is 2.63. The van der Waals surface area contributed by atoms with Gasteiger partial charge in [0.2, 0.25) is 0 Å². The van der Waals surface area contributed by atoms with Crippen molar-refractivity contribution in [1.82, 2.24) is 4.57 Å². The minimum atomic E-state index is 0.994. The summed E-state index contributed by atoms with van der Waals surface area (Å²) in [6.07, 6.45) is 13.6. The van der Waals surface area contributed by atoms with E-state index in [1.54, 1.807) is 0 Å². The van der Waals surface area contributed by atoms with Crippen LogP contribution in [-0.4, -0.2) is 4.57 Å². The molecule has 1 aromatic heterocycles. The van der Waals surface area contributed by atoms with Crippen LogP contribution in [-0.2, 0) is 12.8 Å². The number of anilines is 3. The molecule has 0 saturated heterocycles. The van der Waals surface area contributed by atoms with E-state index in [9.17, 15) is 0 Å². The van der Waals surface area contributed by atoms with Crippen molar-refractivity contribution in [2.75, 3.05) is 4.90 Å². The van der Waals surface area contributed by atoms with Crippen molar-refractivity contribution in [3.63, 3.8) is 0 Å². The molecular formula is C70H50N2. The van der Waals surface area contributed by atoms with E-state index >= 15 is 0 Å². The zero-order valence-corrected chi connectivity index (χ0v) is 40.0. The summed E-state index contributed by atoms with van der Waals surface area (Å²) < 4.78 is 2.63. The third kappa shape index (κ3) is 7.01. The molecule has 2 aliphatic rings. The highest BCUT2D eigenvalue weighted by Crippen LogP contribution is 2.46. The van der Waals surface area contributed by atoms with Crippen LogP contribution < -0.4 is 4.90 Å². The van der Waals surface area contributed by atoms with E-state index in [0.717, 1.165) is 42.7 Å². The first-order valence-corrected chi connectivity index (χ1v) is 25.4. The number of fused-ring (bicyclic) bond motifs is 9. The second kappa shape index (κ2) is 17.5. The van der Waals surface area contributed by atoms with Crippen molar-refractivity contribution in [2.45, 2.75) is 25.7 Å². The van der Waals surface area contributed by atoms with Crippen LogP contribution in [0.1, 0.15) is 35.2 Å². The number of allylic oxidation sites excluding steroid dienone is 2. The van der Waals surface area contributed by atoms with Gasteiger partial charge in [0.05, 0.1) is 11.2 Å². The molecule has 2 heteroatoms. The molecule has 2 nitrogen and oxygen atoms in total. The van der Waals surface area contributed by atoms with Crippen LogP contribution in [0.4, 0.5) is 17.1 Å². The molecular weight excluding hydrogens is 869 g/mol. The quantitative estimate of drug-likeness (QED) is 0.138. The first kappa shape index (κ1) is 41.9. The molecule has 0 atom stereocenters. The van der Waals surface area contributed by atoms with E-state index in [2.05, 4.69) is 264 Å². The largest absolute Gasteiger partial charge is 0.312 e. The van der Waals surface area contributed by atoms with Gasteiger partial charge < -0.3 is 9.47 Å². The lowest BCUT2D eigenvalue weighted by molar-refractivity contribution is 0.887. The Bertz CT molecular complexity index is 4140. The van der Waals surface area contributed by atoms with Crippen LogP contribution in [0.3, 0.4) is 0 Å². The lowest BCUT2D eigenvalue weighted by Gasteiger charge is -2.27. The Kier molecular flexibility index (Phi) is 10.2. The highest BCUT2D eigenvalue weighted by Gasteiger charge is 2.26. The van der Waals surface area contributed by atoms with Crippen molar-refractivity contribution in [2.24, 2.45) is 0 Å². The van der Waals surface area contributed by atoms with Gasteiger partial charge in [-0.25, -0.2) is 0 Å². The van der Waals surface area contributed by atoms with E-state index in [1.807, 2.05) is 0 Å². The van der Waals surface area contributed by atoms with Crippen molar-refractivity contribution < 1.29 is 0 Å². The summed E-state index contributed by atoms with van der Waals surface area (Å²) in [6.45, 7) is 0. The Morgan fingerprint density at radius 3 is 1.76 bits per heavy atom. The molecule has 0 aliphatic heterocycles. The number of benzene rings is 11. The Hall–Kier alpha value is -8.98. The molecule has 2 aliphatic carbocycles. The van der Waals surface area contributed by atoms with Crippen molar-refractivity contribution in [3.05, 3.63) is 265 Å². The van der Waals surface area contributed by atoms with Gasteiger partial charge in [-0.15, -0.1) is 0 Å². The van der Waals surface area contributed by atoms with E-state index in [0.29, 0.717) is 0 Å². The second-order valence-corrected chi connectivity index (χ2v) is 19.4. The molecule has 11 aromatic carbocycles. The van der Waals surface area contributed by atoms with Crippen LogP contribution in [0, 0.1) is 0 Å². The van der Waals surface area contributed by atoms with Crippen LogP contribution in [0.5, 0.6) is 0 Å². The third-order valence-corrected chi connectivity index (χ3v) is 15.3. The number of aromatic nitrogens is 1. The zero-order valence-electron chi connectivity index (χ0n) is 40.0. The summed E-state index contributed by atoms with van der Waals surface area (Å²) in [5, 5.41) is 8.84. The van der Waals surface area contributed by atoms with E-state index in [4.69, 9.17) is 0 Å². The molecule has 0 saturated carbocycles. The molecule has 72 heavy (non-hydrogen) atoms. The first-order chi connectivity index (χ1) is 35.7. The highest BCUT2D eigenvalue weighted by molar-refractivity contribution is 6.14. The van der Waals surface area contributed by atoms with Gasteiger partial charge in [-0.3, -0.25) is 0 Å². The van der Waals surface area contributed by atoms with Crippen molar-refractivity contribution in [1.29, 1.82) is 0 Å². The molecule has 1 heterocycles. The smallest absolute Gasteiger partial charge is 0.0613 e. The Labute approximate surface area is 420 Å². The Morgan fingerprint density at radius 2 is 0.958 bits per heavy atom. The SMILES string of the molecule is C1=Cc2c(ccc3c4c(n(-c5cccc(-c6ccccc6)c5-c5ccc(N(c6cccc(-c7cccc8ccccc78)c6)c6cccc(-c7cc8ccccc8c8ccccc78)c6)cc5)c23)CCC=C4)CC1. The summed E-state index contributed by atoms with van der Waals surface area (Å²) in [4.78, 5) is 2.44. The van der Waals surface area contributed by atoms with E-state index in [-0.39, 0.29) is 0 Å². The summed E-state index contributed by atoms with van der Waals surface area (Å²) in [5.41, 5.74) is 21.0. The predicted octanol–water partition coefficient (Wildman–Crippen LogP) is 19.1. The van der Waals surface area contributed by atoms with Gasteiger partial charge in [-0.2, -0.15) is 0 Å². The van der Waals surface area contributed by atoms with Gasteiger partial charge in [0.1, 0.15) is 0 Å². The second-order valence-electron chi connectivity index (χ2n) is 19.4. The molecule has 12 aromatic rings. The molecule has 0 bridgehead atoms. The number of nitrogens with zero attached hydrogens (tertiary/aromatic N) is 2. The maximum Gasteiger partial charge on any atom is 0.0613 e. The van der Waals surface area contributed by atoms with Gasteiger partial charge >= 0.3 is 0 Å². The Balaban J connectivity index is 0.970. The number of rotatable bonds is 8. The predicted molar refractivity (Wildman–Crippen MR) is 307 cm³/mol. The average molecular weight is 919 g/mol. The van der Waals surface area contributed by atoms with Crippen LogP contribution >= 0.6 is 0 Å². The fraction of sp³-hybridized carbons (Fsp3) is 0.0571. The molecule has 0 unspecified atom stereocenters. The lowest BCUT2D eigenvalue weighted by atomic mass is 9.91. The topological polar surface area (TPSA) is 8.17 Å². The minimum absolute atomic E-state index is 0.994. The van der Waals surface area contributed by atoms with E-state index in [1.165, 1.54) is 116 Å². The van der Waals surface area contributed by atoms with Gasteiger partial charge in [-0.1, -0.05) is 206 Å². The fourth-order valence-electron chi connectivity index (χ4n) is 12.0. The number of hydrogen-bond donors (Lipinski definition) is 0. The van der Waals surface area contributed by atoms with Gasteiger partial charge in [0, 0.05) is 44.8 Å². The highest BCUT2D eigenvalue weighted by atomic mass is 15.1. The van der Waals surface area contributed by atoms with Gasteiger partial charge in [-0.05, 0) is 151 Å². The summed E-state index contributed by atoms with van der Waals surface area (Å²) in [5.74, 6) is 0. The van der Waals surface area contributed by atoms with Gasteiger partial charge in [0.25, 0.3) is 0 Å². The standard InChI is InChI=1S/C70H50N2/c1-2-18-48(19-3-1)60-35-17-37-68(72-67-36-13-12-33-64(67)65-43-40-49-21-5-9-30-61(49)70(65)72)69(60)50-38-41-54(42-39-50)71(55-26-14-24-51(44-55)58-34-16-23-47-20-4-7-28-57(47)58)56-27-15-25-52(45-56)66-46-53-22-6-8-29-59(53)62-31-10-11-32-63(62)66/h1-4,6-12,14-20,22-35,37-46H,5,13,21,36H2. The summed E-state index contributed by atoms with van der Waals surface area (Å²) in [6, 6.07) is 85.5. The molecule has 0 N–H and O–H groups in total. The van der Waals surface area contributed by atoms with Crippen molar-refractivity contribution in [3.8, 4) is 50.2 Å². The van der Waals surface area contributed by atoms with Crippen LogP contribution in [0.15, 0.2) is 243 Å². The van der Waals surface area contributed by atoms with E-state index < -0.39 is 0 Å². The monoisotopic (exact) mass is 918 g/mol. The molecule has 0 amide bonds. The first-order valence-electron chi connectivity index (χ1n) is 25.4. The summed E-state index contributed by atoms with van der Waals surface area (Å²) in [7, 11) is 0. The molecule has 14 rings (SSSR count). The fourth-order valence-corrected chi connectivity index (χ4v) is 12.0. The van der Waals surface area contributed by atoms with Gasteiger partial charge in [0.15, 0.2) is 0 Å². The normalized spacial score (nSPS) is 12.9. The maximum absolute atomic E-state index is 2.63. The summed E-state index contributed by atoms with van der Waals surface area (Å²) >= 11 is 0. The average Bonchev–Trinajstić information content (AvgIpc) is 3.80. The Morgan fingerprint density at radius 1 is 0.347 bits per heavy atom. The lowest BCUT2D eigenvalue weighted by Crippen LogP contribution is -2.10. The zero-order chi connectivity index (χ0) is 47.5. The number of hydrogen-bond acceptors (Lipinski definition) is 1. The van der Waals surface area contributed by atoms with Crippen LogP contribution in [0.25, 0.3) is 106 Å². The molecule has 340 valence electrons. The third-order valence-electron chi connectivity index (χ3n) is 15.3. The van der Waals surface area contributed by atoms with Crippen molar-refractivity contribution >= 4 is 72.4 Å².